The van der Waals surface area contributed by atoms with E-state index in [0.29, 0.717) is 18.5 Å². The molecule has 1 heterocycles. The quantitative estimate of drug-likeness (QED) is 0.841. The average Bonchev–Trinajstić information content (AvgIpc) is 2.47. The summed E-state index contributed by atoms with van der Waals surface area (Å²) in [6.07, 6.45) is 1.83. The van der Waals surface area contributed by atoms with Gasteiger partial charge in [0.15, 0.2) is 0 Å². The minimum absolute atomic E-state index is 0.460. The molecule has 21 heavy (non-hydrogen) atoms. The van der Waals surface area contributed by atoms with Crippen LogP contribution in [0.1, 0.15) is 26.3 Å². The van der Waals surface area contributed by atoms with Crippen molar-refractivity contribution < 1.29 is 9.47 Å². The van der Waals surface area contributed by atoms with Crippen molar-refractivity contribution in [1.29, 1.82) is 0 Å². The lowest BCUT2D eigenvalue weighted by atomic mass is 10.2. The molecule has 0 spiro atoms. The third kappa shape index (κ3) is 5.08. The minimum atomic E-state index is 0.460. The molecule has 0 bridgehead atoms. The lowest BCUT2D eigenvalue weighted by molar-refractivity contribution is 0.338. The topological polar surface area (TPSA) is 43.4 Å². The molecule has 0 radical (unpaired) electrons. The summed E-state index contributed by atoms with van der Waals surface area (Å²) in [4.78, 5) is 4.32. The van der Waals surface area contributed by atoms with Gasteiger partial charge in [-0.25, -0.2) is 4.98 Å². The molecule has 2 rings (SSSR count). The van der Waals surface area contributed by atoms with Crippen LogP contribution in [0, 0.1) is 0 Å². The summed E-state index contributed by atoms with van der Waals surface area (Å²) < 4.78 is 11.2. The van der Waals surface area contributed by atoms with E-state index in [1.807, 2.05) is 49.5 Å². The number of hydrogen-bond donors (Lipinski definition) is 1. The van der Waals surface area contributed by atoms with E-state index in [0.717, 1.165) is 23.6 Å². The van der Waals surface area contributed by atoms with Crippen LogP contribution in [-0.2, 0) is 6.54 Å². The third-order valence-electron chi connectivity index (χ3n) is 2.85. The Bertz CT molecular complexity index is 553. The van der Waals surface area contributed by atoms with Gasteiger partial charge in [-0.15, -0.1) is 0 Å². The number of benzene rings is 1. The summed E-state index contributed by atoms with van der Waals surface area (Å²) in [5.74, 6) is 2.10. The molecule has 0 unspecified atom stereocenters. The van der Waals surface area contributed by atoms with Gasteiger partial charge in [-0.1, -0.05) is 26.0 Å². The molecule has 0 atom stereocenters. The van der Waals surface area contributed by atoms with E-state index < -0.39 is 0 Å². The molecule has 2 aromatic rings. The Balaban J connectivity index is 1.98. The summed E-state index contributed by atoms with van der Waals surface area (Å²) in [5.41, 5.74) is 1.14. The van der Waals surface area contributed by atoms with Crippen LogP contribution in [0.25, 0.3) is 0 Å². The fourth-order valence-corrected chi connectivity index (χ4v) is 1.81. The van der Waals surface area contributed by atoms with Crippen LogP contribution in [0.5, 0.6) is 17.4 Å². The van der Waals surface area contributed by atoms with E-state index in [2.05, 4.69) is 24.1 Å². The SMILES string of the molecule is CCOc1cccc(Oc2ccc(CNC(C)C)cn2)c1. The van der Waals surface area contributed by atoms with E-state index in [-0.39, 0.29) is 0 Å². The second-order valence-corrected chi connectivity index (χ2v) is 5.05. The zero-order valence-corrected chi connectivity index (χ0v) is 12.8. The summed E-state index contributed by atoms with van der Waals surface area (Å²) in [6.45, 7) is 7.65. The highest BCUT2D eigenvalue weighted by molar-refractivity contribution is 5.35. The van der Waals surface area contributed by atoms with E-state index in [9.17, 15) is 0 Å². The van der Waals surface area contributed by atoms with Crippen LogP contribution in [0.3, 0.4) is 0 Å². The molecule has 0 amide bonds. The molecule has 0 aliphatic carbocycles. The van der Waals surface area contributed by atoms with Gasteiger partial charge in [-0.2, -0.15) is 0 Å². The highest BCUT2D eigenvalue weighted by Crippen LogP contribution is 2.24. The number of aromatic nitrogens is 1. The van der Waals surface area contributed by atoms with E-state index in [1.165, 1.54) is 0 Å². The Morgan fingerprint density at radius 2 is 1.95 bits per heavy atom. The van der Waals surface area contributed by atoms with Gasteiger partial charge in [0.05, 0.1) is 6.61 Å². The molecular formula is C17H22N2O2. The molecule has 0 saturated heterocycles. The Hall–Kier alpha value is -2.07. The maximum absolute atomic E-state index is 5.73. The van der Waals surface area contributed by atoms with Crippen molar-refractivity contribution in [2.24, 2.45) is 0 Å². The lowest BCUT2D eigenvalue weighted by Crippen LogP contribution is -2.21. The summed E-state index contributed by atoms with van der Waals surface area (Å²) in [5, 5.41) is 3.36. The molecule has 1 aromatic carbocycles. The monoisotopic (exact) mass is 286 g/mol. The van der Waals surface area contributed by atoms with Gasteiger partial charge in [0.1, 0.15) is 11.5 Å². The predicted molar refractivity (Wildman–Crippen MR) is 83.9 cm³/mol. The maximum Gasteiger partial charge on any atom is 0.219 e. The van der Waals surface area contributed by atoms with Crippen molar-refractivity contribution in [1.82, 2.24) is 10.3 Å². The number of hydrogen-bond acceptors (Lipinski definition) is 4. The van der Waals surface area contributed by atoms with Gasteiger partial charge in [-0.3, -0.25) is 0 Å². The van der Waals surface area contributed by atoms with Crippen LogP contribution in [-0.4, -0.2) is 17.6 Å². The zero-order valence-electron chi connectivity index (χ0n) is 12.8. The molecule has 0 fully saturated rings. The second-order valence-electron chi connectivity index (χ2n) is 5.05. The molecular weight excluding hydrogens is 264 g/mol. The first-order valence-electron chi connectivity index (χ1n) is 7.26. The van der Waals surface area contributed by atoms with Gasteiger partial charge in [0.2, 0.25) is 5.88 Å². The maximum atomic E-state index is 5.73. The zero-order chi connectivity index (χ0) is 15.1. The van der Waals surface area contributed by atoms with Crippen molar-refractivity contribution in [3.8, 4) is 17.4 Å². The number of rotatable bonds is 7. The molecule has 0 aliphatic heterocycles. The van der Waals surface area contributed by atoms with Crippen LogP contribution in [0.4, 0.5) is 0 Å². The Morgan fingerprint density at radius 3 is 2.62 bits per heavy atom. The summed E-state index contributed by atoms with van der Waals surface area (Å²) in [7, 11) is 0. The highest BCUT2D eigenvalue weighted by Gasteiger charge is 2.02. The molecule has 1 N–H and O–H groups in total. The largest absolute Gasteiger partial charge is 0.494 e. The summed E-state index contributed by atoms with van der Waals surface area (Å²) >= 11 is 0. The van der Waals surface area contributed by atoms with Gasteiger partial charge in [0.25, 0.3) is 0 Å². The first kappa shape index (κ1) is 15.3. The Kier molecular flexibility index (Phi) is 5.58. The number of ether oxygens (including phenoxy) is 2. The third-order valence-corrected chi connectivity index (χ3v) is 2.85. The normalized spacial score (nSPS) is 10.7. The Labute approximate surface area is 126 Å². The van der Waals surface area contributed by atoms with E-state index >= 15 is 0 Å². The van der Waals surface area contributed by atoms with Crippen LogP contribution in [0.2, 0.25) is 0 Å². The van der Waals surface area contributed by atoms with Gasteiger partial charge in [-0.05, 0) is 24.6 Å². The smallest absolute Gasteiger partial charge is 0.219 e. The molecule has 4 heteroatoms. The van der Waals surface area contributed by atoms with Crippen LogP contribution < -0.4 is 14.8 Å². The average molecular weight is 286 g/mol. The van der Waals surface area contributed by atoms with Crippen molar-refractivity contribution in [2.75, 3.05) is 6.61 Å². The molecule has 112 valence electrons. The van der Waals surface area contributed by atoms with Crippen molar-refractivity contribution >= 4 is 0 Å². The molecule has 4 nitrogen and oxygen atoms in total. The summed E-state index contributed by atoms with van der Waals surface area (Å²) in [6, 6.07) is 11.9. The Morgan fingerprint density at radius 1 is 1.14 bits per heavy atom. The van der Waals surface area contributed by atoms with Crippen molar-refractivity contribution in [2.45, 2.75) is 33.4 Å². The number of nitrogens with zero attached hydrogens (tertiary/aromatic N) is 1. The minimum Gasteiger partial charge on any atom is -0.494 e. The van der Waals surface area contributed by atoms with Gasteiger partial charge >= 0.3 is 0 Å². The standard InChI is InChI=1S/C17H22N2O2/c1-4-20-15-6-5-7-16(10-15)21-17-9-8-14(12-19-17)11-18-13(2)3/h5-10,12-13,18H,4,11H2,1-3H3. The van der Waals surface area contributed by atoms with Gasteiger partial charge < -0.3 is 14.8 Å². The molecule has 0 aliphatic rings. The fourth-order valence-electron chi connectivity index (χ4n) is 1.81. The lowest BCUT2D eigenvalue weighted by Gasteiger charge is -2.09. The highest BCUT2D eigenvalue weighted by atomic mass is 16.5. The first-order valence-corrected chi connectivity index (χ1v) is 7.26. The van der Waals surface area contributed by atoms with Crippen LogP contribution >= 0.6 is 0 Å². The van der Waals surface area contributed by atoms with E-state index in [4.69, 9.17) is 9.47 Å². The first-order chi connectivity index (χ1) is 10.2. The van der Waals surface area contributed by atoms with Crippen LogP contribution in [0.15, 0.2) is 42.6 Å². The fraction of sp³-hybridized carbons (Fsp3) is 0.353. The number of nitrogens with one attached hydrogen (secondary N) is 1. The van der Waals surface area contributed by atoms with Gasteiger partial charge in [0, 0.05) is 30.9 Å². The second kappa shape index (κ2) is 7.64. The van der Waals surface area contributed by atoms with E-state index in [1.54, 1.807) is 0 Å². The predicted octanol–water partition coefficient (Wildman–Crippen LogP) is 3.77. The molecule has 0 saturated carbocycles. The van der Waals surface area contributed by atoms with Crippen molar-refractivity contribution in [3.63, 3.8) is 0 Å². The molecule has 1 aromatic heterocycles. The number of pyridine rings is 1. The van der Waals surface area contributed by atoms with Crippen molar-refractivity contribution in [3.05, 3.63) is 48.2 Å².